The zero-order valence-electron chi connectivity index (χ0n) is 40.2. The molecule has 0 heterocycles. The zero-order chi connectivity index (χ0) is 43.3. The van der Waals surface area contributed by atoms with Gasteiger partial charge in [0.05, 0.1) is 12.2 Å². The molecule has 344 valence electrons. The normalized spacial score (nSPS) is 15.8. The molecule has 0 saturated carbocycles. The molecule has 2 unspecified atom stereocenters. The van der Waals surface area contributed by atoms with E-state index in [4.69, 9.17) is 8.85 Å². The van der Waals surface area contributed by atoms with Crippen molar-refractivity contribution in [1.82, 2.24) is 0 Å². The van der Waals surface area contributed by atoms with E-state index in [0.717, 1.165) is 8.95 Å². The molecule has 0 radical (unpaired) electrons. The standard InChI is InChI=1S/C54H94Br2O2Si2/c1-7-9-11-13-15-17-19-21-23-25-27-29-31-33-35-41-53(3,4)59-57-51-49-43-45(55)37-39-47(49)48-40-38-46(56)44-50(48)52(51)58-60-54(5,6)42-36-34-32-30-28-26-24-22-20-18-16-14-12-10-8-2/h37-40,43-44,51-52H,7-36,41-42,59-60H2,1-6H3. The van der Waals surface area contributed by atoms with Crippen molar-refractivity contribution >= 4 is 51.4 Å². The van der Waals surface area contributed by atoms with Crippen molar-refractivity contribution in [3.63, 3.8) is 0 Å². The number of hydrogen-bond donors (Lipinski definition) is 0. The molecule has 0 fully saturated rings. The molecule has 3 rings (SSSR count). The van der Waals surface area contributed by atoms with Gasteiger partial charge in [0.2, 0.25) is 0 Å². The lowest BCUT2D eigenvalue weighted by Crippen LogP contribution is -2.30. The van der Waals surface area contributed by atoms with Gasteiger partial charge in [0.1, 0.15) is 0 Å². The summed E-state index contributed by atoms with van der Waals surface area (Å²) in [5.41, 5.74) is 5.21. The number of fused-ring (bicyclic) bond motifs is 3. The van der Waals surface area contributed by atoms with Gasteiger partial charge >= 0.3 is 0 Å². The van der Waals surface area contributed by atoms with Gasteiger partial charge in [0.15, 0.2) is 19.5 Å². The lowest BCUT2D eigenvalue weighted by molar-refractivity contribution is 0.0494. The fourth-order valence-corrected chi connectivity index (χ4v) is 13.0. The third-order valence-electron chi connectivity index (χ3n) is 13.4. The SMILES string of the molecule is CCCCCCCCCCCCCCCCCC(C)(C)[SiH2]OC1c2cc(Br)ccc2-c2ccc(Br)cc2C1O[SiH2]C(C)(C)CCCCCCCCCCCCCCCCC. The fourth-order valence-electron chi connectivity index (χ4n) is 9.43. The van der Waals surface area contributed by atoms with E-state index in [1.54, 1.807) is 0 Å². The number of unbranched alkanes of at least 4 members (excludes halogenated alkanes) is 28. The molecule has 0 bridgehead atoms. The Morgan fingerprint density at radius 3 is 0.917 bits per heavy atom. The molecule has 60 heavy (non-hydrogen) atoms. The minimum atomic E-state index is -0.842. The Labute approximate surface area is 394 Å². The monoisotopic (exact) mass is 989 g/mol. The summed E-state index contributed by atoms with van der Waals surface area (Å²) in [4.78, 5) is 0. The number of rotatable bonds is 38. The van der Waals surface area contributed by atoms with Crippen LogP contribution in [0.1, 0.15) is 270 Å². The average Bonchev–Trinajstić information content (AvgIpc) is 3.22. The highest BCUT2D eigenvalue weighted by molar-refractivity contribution is 9.10. The van der Waals surface area contributed by atoms with Crippen LogP contribution >= 0.6 is 31.9 Å². The van der Waals surface area contributed by atoms with Crippen LogP contribution in [-0.2, 0) is 8.85 Å². The maximum absolute atomic E-state index is 7.27. The van der Waals surface area contributed by atoms with E-state index in [0.29, 0.717) is 0 Å². The second-order valence-corrected chi connectivity index (χ2v) is 27.6. The molecular formula is C54H94Br2O2Si2. The first-order valence-electron chi connectivity index (χ1n) is 25.9. The Kier molecular flexibility index (Phi) is 29.2. The summed E-state index contributed by atoms with van der Waals surface area (Å²) in [6.07, 6.45) is 45.0. The average molecular weight is 991 g/mol. The van der Waals surface area contributed by atoms with E-state index in [1.165, 1.54) is 228 Å². The Balaban J connectivity index is 1.42. The van der Waals surface area contributed by atoms with Gasteiger partial charge in [-0.05, 0) is 69.4 Å². The van der Waals surface area contributed by atoms with Crippen molar-refractivity contribution in [2.24, 2.45) is 0 Å². The Hall–Kier alpha value is -0.246. The molecule has 0 amide bonds. The predicted molar refractivity (Wildman–Crippen MR) is 279 cm³/mol. The van der Waals surface area contributed by atoms with Crippen molar-refractivity contribution in [2.75, 3.05) is 0 Å². The smallest absolute Gasteiger partial charge is 0.168 e. The quantitative estimate of drug-likeness (QED) is 0.0493. The number of hydrogen-bond acceptors (Lipinski definition) is 2. The summed E-state index contributed by atoms with van der Waals surface area (Å²) in [6, 6.07) is 13.6. The van der Waals surface area contributed by atoms with Crippen LogP contribution in [0, 0.1) is 0 Å². The van der Waals surface area contributed by atoms with Crippen LogP contribution in [0.4, 0.5) is 0 Å². The van der Waals surface area contributed by atoms with Crippen molar-refractivity contribution in [2.45, 2.75) is 269 Å². The third-order valence-corrected chi connectivity index (χ3v) is 17.7. The van der Waals surface area contributed by atoms with Crippen LogP contribution in [0.15, 0.2) is 45.3 Å². The van der Waals surface area contributed by atoms with Gasteiger partial charge in [-0.1, -0.05) is 278 Å². The van der Waals surface area contributed by atoms with Crippen LogP contribution in [0.2, 0.25) is 10.1 Å². The zero-order valence-corrected chi connectivity index (χ0v) is 46.2. The largest absolute Gasteiger partial charge is 0.414 e. The third kappa shape index (κ3) is 23.1. The highest BCUT2D eigenvalue weighted by Gasteiger charge is 2.37. The molecule has 0 aromatic heterocycles. The van der Waals surface area contributed by atoms with Crippen molar-refractivity contribution in [3.05, 3.63) is 56.5 Å². The molecule has 1 aliphatic carbocycles. The molecule has 1 aliphatic rings. The van der Waals surface area contributed by atoms with Crippen LogP contribution in [0.3, 0.4) is 0 Å². The van der Waals surface area contributed by atoms with E-state index in [9.17, 15) is 0 Å². The Morgan fingerprint density at radius 2 is 0.650 bits per heavy atom. The summed E-state index contributed by atoms with van der Waals surface area (Å²) in [7, 11) is -1.68. The fraction of sp³-hybridized carbons (Fsp3) is 0.778. The van der Waals surface area contributed by atoms with Crippen molar-refractivity contribution in [3.8, 4) is 11.1 Å². The van der Waals surface area contributed by atoms with E-state index in [2.05, 4.69) is 110 Å². The Morgan fingerprint density at radius 1 is 0.400 bits per heavy atom. The molecule has 2 aromatic carbocycles. The van der Waals surface area contributed by atoms with Crippen LogP contribution in [-0.4, -0.2) is 19.5 Å². The van der Waals surface area contributed by atoms with Gasteiger partial charge in [0, 0.05) is 8.95 Å². The molecule has 2 aromatic rings. The summed E-state index contributed by atoms with van der Waals surface area (Å²) in [6.45, 7) is 14.5. The number of halogens is 2. The van der Waals surface area contributed by atoms with E-state index >= 15 is 0 Å². The van der Waals surface area contributed by atoms with E-state index < -0.39 is 19.5 Å². The van der Waals surface area contributed by atoms with Crippen LogP contribution < -0.4 is 0 Å². The predicted octanol–water partition coefficient (Wildman–Crippen LogP) is 19.1. The van der Waals surface area contributed by atoms with Crippen LogP contribution in [0.25, 0.3) is 11.1 Å². The first-order chi connectivity index (χ1) is 29.1. The molecule has 2 nitrogen and oxygen atoms in total. The highest BCUT2D eigenvalue weighted by atomic mass is 79.9. The molecule has 2 atom stereocenters. The summed E-state index contributed by atoms with van der Waals surface area (Å²) in [5, 5.41) is 0.518. The first kappa shape index (κ1) is 54.1. The highest BCUT2D eigenvalue weighted by Crippen LogP contribution is 2.51. The topological polar surface area (TPSA) is 18.5 Å². The van der Waals surface area contributed by atoms with Gasteiger partial charge in [-0.3, -0.25) is 0 Å². The van der Waals surface area contributed by atoms with Gasteiger partial charge in [-0.25, -0.2) is 0 Å². The Bertz CT molecular complexity index is 1280. The molecular weight excluding hydrogens is 897 g/mol. The number of benzene rings is 2. The van der Waals surface area contributed by atoms with Gasteiger partial charge in [0.25, 0.3) is 0 Å². The molecule has 0 saturated heterocycles. The molecule has 6 heteroatoms. The summed E-state index contributed by atoms with van der Waals surface area (Å²) < 4.78 is 16.8. The summed E-state index contributed by atoms with van der Waals surface area (Å²) in [5.74, 6) is 0. The lowest BCUT2D eigenvalue weighted by atomic mass is 9.82. The second kappa shape index (κ2) is 32.4. The van der Waals surface area contributed by atoms with Crippen molar-refractivity contribution in [1.29, 1.82) is 0 Å². The first-order valence-corrected chi connectivity index (χ1v) is 30.0. The molecule has 0 N–H and O–H groups in total. The maximum atomic E-state index is 7.27. The van der Waals surface area contributed by atoms with E-state index in [1.807, 2.05) is 0 Å². The molecule has 0 spiro atoms. The second-order valence-electron chi connectivity index (χ2n) is 20.7. The molecule has 0 aliphatic heterocycles. The summed E-state index contributed by atoms with van der Waals surface area (Å²) >= 11 is 7.66. The minimum absolute atomic E-state index is 0.0552. The van der Waals surface area contributed by atoms with Crippen LogP contribution in [0.5, 0.6) is 0 Å². The van der Waals surface area contributed by atoms with E-state index in [-0.39, 0.29) is 22.3 Å². The van der Waals surface area contributed by atoms with Gasteiger partial charge < -0.3 is 8.85 Å². The van der Waals surface area contributed by atoms with Gasteiger partial charge in [-0.15, -0.1) is 0 Å². The van der Waals surface area contributed by atoms with Gasteiger partial charge in [-0.2, -0.15) is 0 Å². The maximum Gasteiger partial charge on any atom is 0.168 e. The minimum Gasteiger partial charge on any atom is -0.414 e. The van der Waals surface area contributed by atoms with Crippen molar-refractivity contribution < 1.29 is 8.85 Å². The lowest BCUT2D eigenvalue weighted by Gasteiger charge is -2.39.